The number of aliphatic carboxylic acids is 1. The van der Waals surface area contributed by atoms with E-state index in [9.17, 15) is 14.7 Å². The third-order valence-electron chi connectivity index (χ3n) is 5.57. The lowest BCUT2D eigenvalue weighted by Crippen LogP contribution is -2.46. The van der Waals surface area contributed by atoms with Crippen molar-refractivity contribution >= 4 is 22.8 Å². The molecule has 0 fully saturated rings. The third-order valence-corrected chi connectivity index (χ3v) is 5.57. The van der Waals surface area contributed by atoms with Crippen LogP contribution in [0.5, 0.6) is 0 Å². The Morgan fingerprint density at radius 1 is 0.971 bits per heavy atom. The van der Waals surface area contributed by atoms with Crippen LogP contribution in [0.1, 0.15) is 22.3 Å². The van der Waals surface area contributed by atoms with Gasteiger partial charge in [0.05, 0.1) is 6.61 Å². The van der Waals surface area contributed by atoms with Gasteiger partial charge in [0.2, 0.25) is 0 Å². The van der Waals surface area contributed by atoms with Gasteiger partial charge in [-0.1, -0.05) is 60.7 Å². The van der Waals surface area contributed by atoms with E-state index in [1.165, 1.54) is 7.11 Å². The lowest BCUT2D eigenvalue weighted by molar-refractivity contribution is -0.241. The summed E-state index contributed by atoms with van der Waals surface area (Å²) in [6, 6.07) is 25.9. The van der Waals surface area contributed by atoms with Crippen molar-refractivity contribution < 1.29 is 28.6 Å². The highest BCUT2D eigenvalue weighted by molar-refractivity contribution is 5.94. The Balaban J connectivity index is 1.36. The number of carbonyl (C=O) groups excluding carboxylic acids is 1. The van der Waals surface area contributed by atoms with Crippen LogP contribution >= 0.6 is 0 Å². The molecule has 0 saturated heterocycles. The summed E-state index contributed by atoms with van der Waals surface area (Å²) in [5.41, 5.74) is 2.92. The molecule has 0 aliphatic carbocycles. The number of hydrogen-bond acceptors (Lipinski definition) is 5. The molecule has 0 radical (unpaired) electrons. The maximum absolute atomic E-state index is 12.6. The van der Waals surface area contributed by atoms with Crippen LogP contribution in [-0.4, -0.2) is 36.4 Å². The zero-order valence-electron chi connectivity index (χ0n) is 18.7. The molecule has 7 nitrogen and oxygen atoms in total. The van der Waals surface area contributed by atoms with Crippen LogP contribution in [0.2, 0.25) is 0 Å². The summed E-state index contributed by atoms with van der Waals surface area (Å²) in [5, 5.41) is 13.4. The zero-order valence-corrected chi connectivity index (χ0v) is 18.7. The van der Waals surface area contributed by atoms with E-state index >= 15 is 0 Å². The first kappa shape index (κ1) is 23.2. The van der Waals surface area contributed by atoms with Gasteiger partial charge in [0, 0.05) is 36.6 Å². The predicted octanol–water partition coefficient (Wildman–Crippen LogP) is 4.86. The first-order valence-corrected chi connectivity index (χ1v) is 10.8. The summed E-state index contributed by atoms with van der Waals surface area (Å²) < 4.78 is 16.7. The number of amides is 1. The van der Waals surface area contributed by atoms with Crippen molar-refractivity contribution in [3.63, 3.8) is 0 Å². The van der Waals surface area contributed by atoms with Crippen LogP contribution in [0.3, 0.4) is 0 Å². The Morgan fingerprint density at radius 3 is 2.35 bits per heavy atom. The summed E-state index contributed by atoms with van der Waals surface area (Å²) in [7, 11) is 1.28. The predicted molar refractivity (Wildman–Crippen MR) is 127 cm³/mol. The molecule has 0 aliphatic heterocycles. The SMILES string of the molecule is CO[C@](CCNC(=O)c1ccc(-c2cc3ccccc3o2)cc1)(OCc1ccccc1)C(=O)O. The molecule has 0 spiro atoms. The normalized spacial score (nSPS) is 12.9. The fourth-order valence-corrected chi connectivity index (χ4v) is 3.62. The molecule has 2 N–H and O–H groups in total. The minimum atomic E-state index is -1.87. The zero-order chi connectivity index (χ0) is 24.0. The Kier molecular flexibility index (Phi) is 7.06. The van der Waals surface area contributed by atoms with Crippen molar-refractivity contribution in [3.05, 3.63) is 96.1 Å². The molecular weight excluding hydrogens is 434 g/mol. The number of benzene rings is 3. The Morgan fingerprint density at radius 2 is 1.68 bits per heavy atom. The van der Waals surface area contributed by atoms with Gasteiger partial charge in [-0.25, -0.2) is 4.79 Å². The van der Waals surface area contributed by atoms with E-state index in [1.54, 1.807) is 12.1 Å². The number of methoxy groups -OCH3 is 1. The topological polar surface area (TPSA) is 98.0 Å². The summed E-state index contributed by atoms with van der Waals surface area (Å²) in [6.07, 6.45) is -0.0610. The monoisotopic (exact) mass is 459 g/mol. The van der Waals surface area contributed by atoms with Gasteiger partial charge in [-0.05, 0) is 29.8 Å². The van der Waals surface area contributed by atoms with Gasteiger partial charge in [0.15, 0.2) is 0 Å². The first-order valence-electron chi connectivity index (χ1n) is 10.8. The number of nitrogens with one attached hydrogen (secondary N) is 1. The molecule has 0 saturated carbocycles. The fourth-order valence-electron chi connectivity index (χ4n) is 3.62. The van der Waals surface area contributed by atoms with E-state index in [4.69, 9.17) is 13.9 Å². The molecular formula is C27H25NO6. The molecule has 4 aromatic rings. The van der Waals surface area contributed by atoms with Gasteiger partial charge in [0.1, 0.15) is 11.3 Å². The van der Waals surface area contributed by atoms with Crippen molar-refractivity contribution in [3.8, 4) is 11.3 Å². The Labute approximate surface area is 196 Å². The van der Waals surface area contributed by atoms with Crippen LogP contribution in [0.15, 0.2) is 89.3 Å². The van der Waals surface area contributed by atoms with Crippen molar-refractivity contribution in [1.82, 2.24) is 5.32 Å². The van der Waals surface area contributed by atoms with Gasteiger partial charge in [-0.3, -0.25) is 4.79 Å². The van der Waals surface area contributed by atoms with Crippen LogP contribution in [0.25, 0.3) is 22.3 Å². The highest BCUT2D eigenvalue weighted by Gasteiger charge is 2.40. The summed E-state index contributed by atoms with van der Waals surface area (Å²) in [5.74, 6) is -2.73. The highest BCUT2D eigenvalue weighted by atomic mass is 16.7. The number of fused-ring (bicyclic) bond motifs is 1. The number of para-hydroxylation sites is 1. The average Bonchev–Trinajstić information content (AvgIpc) is 3.31. The van der Waals surface area contributed by atoms with Crippen LogP contribution in [-0.2, 0) is 20.9 Å². The minimum absolute atomic E-state index is 0.0547. The van der Waals surface area contributed by atoms with Gasteiger partial charge < -0.3 is 24.3 Å². The number of hydrogen-bond donors (Lipinski definition) is 2. The van der Waals surface area contributed by atoms with E-state index in [-0.39, 0.29) is 25.5 Å². The van der Waals surface area contributed by atoms with Gasteiger partial charge >= 0.3 is 5.97 Å². The van der Waals surface area contributed by atoms with Crippen molar-refractivity contribution in [2.75, 3.05) is 13.7 Å². The Bertz CT molecular complexity index is 1230. The average molecular weight is 459 g/mol. The van der Waals surface area contributed by atoms with Crippen LogP contribution in [0.4, 0.5) is 0 Å². The van der Waals surface area contributed by atoms with E-state index < -0.39 is 11.8 Å². The minimum Gasteiger partial charge on any atom is -0.477 e. The molecule has 1 amide bonds. The molecule has 1 heterocycles. The second-order valence-corrected chi connectivity index (χ2v) is 7.77. The summed E-state index contributed by atoms with van der Waals surface area (Å²) >= 11 is 0. The van der Waals surface area contributed by atoms with Crippen LogP contribution in [0, 0.1) is 0 Å². The van der Waals surface area contributed by atoms with Gasteiger partial charge in [-0.2, -0.15) is 0 Å². The second kappa shape index (κ2) is 10.3. The number of carboxylic acids is 1. The van der Waals surface area contributed by atoms with E-state index in [0.29, 0.717) is 5.56 Å². The number of rotatable bonds is 10. The maximum atomic E-state index is 12.6. The fraction of sp³-hybridized carbons (Fsp3) is 0.185. The Hall–Kier alpha value is -3.94. The number of carboxylic acid groups (broad SMARTS) is 1. The van der Waals surface area contributed by atoms with Gasteiger partial charge in [0.25, 0.3) is 11.7 Å². The van der Waals surface area contributed by atoms with Gasteiger partial charge in [-0.15, -0.1) is 0 Å². The van der Waals surface area contributed by atoms with Crippen molar-refractivity contribution in [1.29, 1.82) is 0 Å². The molecule has 1 atom stereocenters. The molecule has 0 unspecified atom stereocenters. The van der Waals surface area contributed by atoms with Crippen molar-refractivity contribution in [2.24, 2.45) is 0 Å². The molecule has 1 aromatic heterocycles. The molecule has 34 heavy (non-hydrogen) atoms. The lowest BCUT2D eigenvalue weighted by atomic mass is 10.1. The van der Waals surface area contributed by atoms with Crippen LogP contribution < -0.4 is 5.32 Å². The van der Waals surface area contributed by atoms with E-state index in [0.717, 1.165) is 27.9 Å². The molecule has 0 aliphatic rings. The molecule has 0 bridgehead atoms. The molecule has 174 valence electrons. The smallest absolute Gasteiger partial charge is 0.364 e. The van der Waals surface area contributed by atoms with Crippen molar-refractivity contribution in [2.45, 2.75) is 18.8 Å². The number of ether oxygens (including phenoxy) is 2. The first-order chi connectivity index (χ1) is 16.5. The summed E-state index contributed by atoms with van der Waals surface area (Å²) in [6.45, 7) is 0.122. The maximum Gasteiger partial charge on any atom is 0.364 e. The standard InChI is InChI=1S/C27H25NO6/c1-32-27(26(30)31,33-18-19-7-3-2-4-8-19)15-16-28-25(29)21-13-11-20(12-14-21)24-17-22-9-5-6-10-23(22)34-24/h2-14,17H,15-16,18H2,1H3,(H,28,29)(H,30,31)/t27-/m1/s1. The third kappa shape index (κ3) is 5.17. The molecule has 7 heteroatoms. The summed E-state index contributed by atoms with van der Waals surface area (Å²) in [4.78, 5) is 24.5. The quantitative estimate of drug-likeness (QED) is 0.329. The highest BCUT2D eigenvalue weighted by Crippen LogP contribution is 2.28. The second-order valence-electron chi connectivity index (χ2n) is 7.77. The number of carbonyl (C=O) groups is 2. The number of furan rings is 1. The van der Waals surface area contributed by atoms with E-state index in [2.05, 4.69) is 5.32 Å². The largest absolute Gasteiger partial charge is 0.477 e. The lowest BCUT2D eigenvalue weighted by Gasteiger charge is -2.28. The molecule has 3 aromatic carbocycles. The van der Waals surface area contributed by atoms with E-state index in [1.807, 2.05) is 72.8 Å². The molecule has 4 rings (SSSR count).